The van der Waals surface area contributed by atoms with Gasteiger partial charge in [0.1, 0.15) is 5.69 Å². The first-order valence-electron chi connectivity index (χ1n) is 6.81. The van der Waals surface area contributed by atoms with E-state index in [-0.39, 0.29) is 17.9 Å². The number of ketones is 1. The minimum absolute atomic E-state index is 0.0235. The molecule has 0 radical (unpaired) electrons. The largest absolute Gasteiger partial charge is 0.297 e. The van der Waals surface area contributed by atoms with Crippen molar-refractivity contribution in [2.24, 2.45) is 0 Å². The first kappa shape index (κ1) is 14.5. The Morgan fingerprint density at radius 1 is 1.14 bits per heavy atom. The first-order valence-corrected chi connectivity index (χ1v) is 7.19. The second-order valence-electron chi connectivity index (χ2n) is 5.01. The number of hydrogen-bond acceptors (Lipinski definition) is 3. The summed E-state index contributed by atoms with van der Waals surface area (Å²) < 4.78 is 1.47. The maximum atomic E-state index is 12.4. The number of fused-ring (bicyclic) bond motifs is 1. The molecule has 0 N–H and O–H groups in total. The van der Waals surface area contributed by atoms with Crippen LogP contribution in [0.4, 0.5) is 0 Å². The van der Waals surface area contributed by atoms with Crippen molar-refractivity contribution >= 4 is 28.4 Å². The molecule has 0 saturated carbocycles. The molecule has 0 bridgehead atoms. The van der Waals surface area contributed by atoms with E-state index in [0.717, 1.165) is 0 Å². The normalized spacial score (nSPS) is 10.8. The van der Waals surface area contributed by atoms with E-state index in [2.05, 4.69) is 4.98 Å². The Morgan fingerprint density at radius 2 is 1.82 bits per heavy atom. The van der Waals surface area contributed by atoms with Crippen molar-refractivity contribution in [2.45, 2.75) is 13.5 Å². The van der Waals surface area contributed by atoms with Crippen LogP contribution in [0.2, 0.25) is 5.02 Å². The van der Waals surface area contributed by atoms with Crippen molar-refractivity contribution < 1.29 is 4.79 Å². The van der Waals surface area contributed by atoms with Gasteiger partial charge in [-0.05, 0) is 43.3 Å². The van der Waals surface area contributed by atoms with E-state index in [4.69, 9.17) is 11.6 Å². The van der Waals surface area contributed by atoms with Crippen LogP contribution in [0.1, 0.15) is 16.1 Å². The summed E-state index contributed by atoms with van der Waals surface area (Å²) >= 11 is 5.83. The van der Waals surface area contributed by atoms with Crippen LogP contribution in [-0.2, 0) is 6.54 Å². The second-order valence-corrected chi connectivity index (χ2v) is 5.44. The van der Waals surface area contributed by atoms with E-state index in [1.54, 1.807) is 37.3 Å². The van der Waals surface area contributed by atoms with Crippen LogP contribution in [0.15, 0.2) is 53.3 Å². The molecule has 22 heavy (non-hydrogen) atoms. The minimum Gasteiger partial charge on any atom is -0.297 e. The summed E-state index contributed by atoms with van der Waals surface area (Å²) in [5.41, 5.74) is 2.00. The molecular formula is C17H13ClN2O2. The van der Waals surface area contributed by atoms with Crippen molar-refractivity contribution in [3.63, 3.8) is 0 Å². The lowest BCUT2D eigenvalue weighted by Crippen LogP contribution is -2.27. The molecule has 0 atom stereocenters. The lowest BCUT2D eigenvalue weighted by Gasteiger charge is -2.10. The van der Waals surface area contributed by atoms with Gasteiger partial charge in [0.05, 0.1) is 17.6 Å². The van der Waals surface area contributed by atoms with Crippen LogP contribution in [0.3, 0.4) is 0 Å². The average Bonchev–Trinajstić information content (AvgIpc) is 2.52. The Balaban J connectivity index is 2.07. The quantitative estimate of drug-likeness (QED) is 0.698. The van der Waals surface area contributed by atoms with Gasteiger partial charge >= 0.3 is 0 Å². The highest BCUT2D eigenvalue weighted by Crippen LogP contribution is 2.13. The van der Waals surface area contributed by atoms with Crippen molar-refractivity contribution in [1.82, 2.24) is 9.55 Å². The Bertz CT molecular complexity index is 914. The third kappa shape index (κ3) is 2.65. The third-order valence-electron chi connectivity index (χ3n) is 3.48. The summed E-state index contributed by atoms with van der Waals surface area (Å²) in [6.07, 6.45) is 0. The van der Waals surface area contributed by atoms with Gasteiger partial charge < -0.3 is 0 Å². The molecule has 0 spiro atoms. The van der Waals surface area contributed by atoms with Gasteiger partial charge in [-0.1, -0.05) is 23.7 Å². The molecule has 0 unspecified atom stereocenters. The van der Waals surface area contributed by atoms with Gasteiger partial charge in [-0.2, -0.15) is 0 Å². The summed E-state index contributed by atoms with van der Waals surface area (Å²) in [5, 5.41) is 0.568. The van der Waals surface area contributed by atoms with E-state index in [0.29, 0.717) is 27.3 Å². The zero-order valence-corrected chi connectivity index (χ0v) is 12.7. The zero-order chi connectivity index (χ0) is 15.7. The molecule has 4 nitrogen and oxygen atoms in total. The van der Waals surface area contributed by atoms with Crippen LogP contribution in [0, 0.1) is 6.92 Å². The summed E-state index contributed by atoms with van der Waals surface area (Å²) in [7, 11) is 0. The predicted octanol–water partition coefficient (Wildman–Crippen LogP) is 3.24. The lowest BCUT2D eigenvalue weighted by atomic mass is 10.1. The molecule has 1 aromatic heterocycles. The molecule has 0 aliphatic heterocycles. The van der Waals surface area contributed by atoms with Crippen molar-refractivity contribution in [1.29, 1.82) is 0 Å². The fraction of sp³-hybridized carbons (Fsp3) is 0.118. The number of halogens is 1. The Labute approximate surface area is 132 Å². The first-order chi connectivity index (χ1) is 10.6. The van der Waals surface area contributed by atoms with Crippen molar-refractivity contribution in [3.05, 3.63) is 75.2 Å². The summed E-state index contributed by atoms with van der Waals surface area (Å²) in [6.45, 7) is 1.63. The molecule has 0 aliphatic rings. The fourth-order valence-corrected chi connectivity index (χ4v) is 2.47. The van der Waals surface area contributed by atoms with Crippen molar-refractivity contribution in [3.8, 4) is 0 Å². The summed E-state index contributed by atoms with van der Waals surface area (Å²) in [6, 6.07) is 13.9. The average molecular weight is 313 g/mol. The number of aryl methyl sites for hydroxylation is 1. The highest BCUT2D eigenvalue weighted by molar-refractivity contribution is 6.30. The van der Waals surface area contributed by atoms with Gasteiger partial charge in [-0.3, -0.25) is 14.2 Å². The monoisotopic (exact) mass is 312 g/mol. The van der Waals surface area contributed by atoms with E-state index < -0.39 is 0 Å². The topological polar surface area (TPSA) is 52.0 Å². The number of aromatic nitrogens is 2. The van der Waals surface area contributed by atoms with Crippen molar-refractivity contribution in [2.75, 3.05) is 0 Å². The zero-order valence-electron chi connectivity index (χ0n) is 11.9. The lowest BCUT2D eigenvalue weighted by molar-refractivity contribution is 0.0972. The fourth-order valence-electron chi connectivity index (χ4n) is 2.35. The van der Waals surface area contributed by atoms with Crippen LogP contribution in [0.25, 0.3) is 11.0 Å². The molecule has 110 valence electrons. The molecule has 0 aliphatic carbocycles. The Kier molecular flexibility index (Phi) is 3.77. The Hall–Kier alpha value is -2.46. The third-order valence-corrected chi connectivity index (χ3v) is 3.74. The molecule has 0 saturated heterocycles. The van der Waals surface area contributed by atoms with Gasteiger partial charge in [-0.25, -0.2) is 4.98 Å². The van der Waals surface area contributed by atoms with Crippen LogP contribution in [0.5, 0.6) is 0 Å². The maximum Gasteiger partial charge on any atom is 0.272 e. The number of benzene rings is 2. The van der Waals surface area contributed by atoms with Gasteiger partial charge in [0.25, 0.3) is 5.56 Å². The molecule has 3 rings (SSSR count). The molecule has 5 heteroatoms. The van der Waals surface area contributed by atoms with E-state index in [1.165, 1.54) is 4.57 Å². The van der Waals surface area contributed by atoms with Crippen LogP contribution >= 0.6 is 11.6 Å². The number of nitrogens with zero attached hydrogens (tertiary/aromatic N) is 2. The molecule has 1 heterocycles. The minimum atomic E-state index is -0.249. The predicted molar refractivity (Wildman–Crippen MR) is 86.5 cm³/mol. The highest BCUT2D eigenvalue weighted by Gasteiger charge is 2.12. The second kappa shape index (κ2) is 5.73. The molecule has 0 amide bonds. The van der Waals surface area contributed by atoms with Crippen LogP contribution in [-0.4, -0.2) is 15.3 Å². The smallest absolute Gasteiger partial charge is 0.272 e. The summed E-state index contributed by atoms with van der Waals surface area (Å²) in [4.78, 5) is 29.0. The van der Waals surface area contributed by atoms with E-state index in [1.807, 2.05) is 18.2 Å². The highest BCUT2D eigenvalue weighted by atomic mass is 35.5. The number of Topliss-reactive ketones (excluding diaryl/α,β-unsaturated/α-hetero) is 1. The summed E-state index contributed by atoms with van der Waals surface area (Å²) in [5.74, 6) is -0.144. The molecule has 2 aromatic carbocycles. The molecular weight excluding hydrogens is 300 g/mol. The Morgan fingerprint density at radius 3 is 2.55 bits per heavy atom. The number of rotatable bonds is 3. The number of carbonyl (C=O) groups is 1. The number of hydrogen-bond donors (Lipinski definition) is 0. The van der Waals surface area contributed by atoms with E-state index >= 15 is 0 Å². The number of carbonyl (C=O) groups excluding carboxylic acids is 1. The maximum absolute atomic E-state index is 12.4. The van der Waals surface area contributed by atoms with Gasteiger partial charge in [-0.15, -0.1) is 0 Å². The van der Waals surface area contributed by atoms with Gasteiger partial charge in [0, 0.05) is 10.6 Å². The SMILES string of the molecule is Cc1nc2ccccc2n(CC(=O)c2ccc(Cl)cc2)c1=O. The van der Waals surface area contributed by atoms with Gasteiger partial charge in [0.15, 0.2) is 5.78 Å². The molecule has 0 fully saturated rings. The van der Waals surface area contributed by atoms with Crippen LogP contribution < -0.4 is 5.56 Å². The standard InChI is InChI=1S/C17H13ClN2O2/c1-11-17(22)20(15-5-3-2-4-14(15)19-11)10-16(21)12-6-8-13(18)9-7-12/h2-9H,10H2,1H3. The van der Waals surface area contributed by atoms with E-state index in [9.17, 15) is 9.59 Å². The number of para-hydroxylation sites is 2. The van der Waals surface area contributed by atoms with Gasteiger partial charge in [0.2, 0.25) is 0 Å². The molecule has 3 aromatic rings.